The minimum Gasteiger partial charge on any atom is -0.495 e. The normalized spacial score (nSPS) is 11.2. The number of anilines is 1. The summed E-state index contributed by atoms with van der Waals surface area (Å²) >= 11 is 3.39. The number of rotatable bonds is 4. The van der Waals surface area contributed by atoms with E-state index in [-0.39, 0.29) is 5.91 Å². The average molecular weight is 315 g/mol. The highest BCUT2D eigenvalue weighted by Crippen LogP contribution is 2.32. The predicted molar refractivity (Wildman–Crippen MR) is 76.9 cm³/mol. The minimum absolute atomic E-state index is 0.0404. The number of hydrogen-bond acceptors (Lipinski definition) is 3. The number of benzene rings is 1. The summed E-state index contributed by atoms with van der Waals surface area (Å²) in [7, 11) is 3.31. The fourth-order valence-electron chi connectivity index (χ4n) is 1.58. The van der Waals surface area contributed by atoms with Crippen LogP contribution in [0.25, 0.3) is 0 Å². The van der Waals surface area contributed by atoms with E-state index in [1.54, 1.807) is 19.1 Å². The van der Waals surface area contributed by atoms with Gasteiger partial charge in [0.15, 0.2) is 0 Å². The number of nitrogens with two attached hydrogens (primary N) is 1. The summed E-state index contributed by atoms with van der Waals surface area (Å²) in [6.45, 7) is 3.96. The first-order chi connectivity index (χ1) is 8.33. The Balaban J connectivity index is 3.14. The third kappa shape index (κ3) is 3.03. The van der Waals surface area contributed by atoms with Crippen molar-refractivity contribution in [1.82, 2.24) is 0 Å². The smallest absolute Gasteiger partial charge is 0.233 e. The predicted octanol–water partition coefficient (Wildman–Crippen LogP) is 2.41. The molecule has 0 fully saturated rings. The number of methoxy groups -OCH3 is 1. The lowest BCUT2D eigenvalue weighted by Crippen LogP contribution is -2.43. The van der Waals surface area contributed by atoms with Gasteiger partial charge < -0.3 is 15.4 Å². The molecule has 5 heteroatoms. The van der Waals surface area contributed by atoms with Crippen molar-refractivity contribution in [3.8, 4) is 5.75 Å². The summed E-state index contributed by atoms with van der Waals surface area (Å²) < 4.78 is 6.16. The molecule has 0 radical (unpaired) electrons. The quantitative estimate of drug-likeness (QED) is 0.928. The summed E-state index contributed by atoms with van der Waals surface area (Å²) in [4.78, 5) is 13.9. The Morgan fingerprint density at radius 3 is 2.61 bits per heavy atom. The Bertz CT molecular complexity index is 447. The van der Waals surface area contributed by atoms with E-state index in [1.165, 1.54) is 0 Å². The van der Waals surface area contributed by atoms with Crippen molar-refractivity contribution in [3.63, 3.8) is 0 Å². The maximum atomic E-state index is 12.4. The number of carbonyl (C=O) groups excluding carboxylic acids is 1. The second-order valence-electron chi connectivity index (χ2n) is 4.77. The Hall–Kier alpha value is -1.07. The summed E-state index contributed by atoms with van der Waals surface area (Å²) in [5.74, 6) is 0.614. The van der Waals surface area contributed by atoms with Gasteiger partial charge in [0.1, 0.15) is 5.75 Å². The molecule has 0 bridgehead atoms. The Kier molecular flexibility index (Phi) is 4.76. The Morgan fingerprint density at radius 1 is 1.50 bits per heavy atom. The maximum Gasteiger partial charge on any atom is 0.233 e. The van der Waals surface area contributed by atoms with E-state index in [9.17, 15) is 4.79 Å². The Labute approximate surface area is 116 Å². The van der Waals surface area contributed by atoms with E-state index in [0.29, 0.717) is 12.3 Å². The third-order valence-corrected chi connectivity index (χ3v) is 3.39. The first-order valence-corrected chi connectivity index (χ1v) is 6.44. The zero-order valence-electron chi connectivity index (χ0n) is 11.2. The van der Waals surface area contributed by atoms with Gasteiger partial charge in [-0.3, -0.25) is 4.79 Å². The van der Waals surface area contributed by atoms with E-state index < -0.39 is 5.41 Å². The number of hydrogen-bond donors (Lipinski definition) is 1. The van der Waals surface area contributed by atoms with E-state index in [0.717, 1.165) is 10.2 Å². The van der Waals surface area contributed by atoms with Gasteiger partial charge in [-0.15, -0.1) is 0 Å². The van der Waals surface area contributed by atoms with Crippen molar-refractivity contribution >= 4 is 27.5 Å². The van der Waals surface area contributed by atoms with Crippen molar-refractivity contribution in [1.29, 1.82) is 0 Å². The largest absolute Gasteiger partial charge is 0.495 e. The molecule has 0 saturated heterocycles. The lowest BCUT2D eigenvalue weighted by molar-refractivity contribution is -0.125. The van der Waals surface area contributed by atoms with E-state index in [4.69, 9.17) is 10.5 Å². The highest BCUT2D eigenvalue weighted by molar-refractivity contribution is 9.10. The van der Waals surface area contributed by atoms with Crippen molar-refractivity contribution in [2.45, 2.75) is 13.8 Å². The molecule has 1 aromatic carbocycles. The molecule has 0 aliphatic carbocycles. The molecule has 0 heterocycles. The van der Waals surface area contributed by atoms with Gasteiger partial charge in [-0.25, -0.2) is 0 Å². The van der Waals surface area contributed by atoms with Crippen molar-refractivity contribution in [2.24, 2.45) is 11.1 Å². The van der Waals surface area contributed by atoms with E-state index in [1.807, 2.05) is 32.0 Å². The van der Waals surface area contributed by atoms with Crippen molar-refractivity contribution in [2.75, 3.05) is 25.6 Å². The monoisotopic (exact) mass is 314 g/mol. The topological polar surface area (TPSA) is 55.6 Å². The molecule has 0 aromatic heterocycles. The molecule has 18 heavy (non-hydrogen) atoms. The van der Waals surface area contributed by atoms with Gasteiger partial charge >= 0.3 is 0 Å². The second-order valence-corrected chi connectivity index (χ2v) is 5.68. The second kappa shape index (κ2) is 5.71. The van der Waals surface area contributed by atoms with Crippen LogP contribution in [0.15, 0.2) is 22.7 Å². The minimum atomic E-state index is -0.595. The summed E-state index contributed by atoms with van der Waals surface area (Å²) in [5.41, 5.74) is 5.76. The number of amides is 1. The standard InChI is InChI=1S/C13H19BrN2O2/c1-13(2,8-15)12(17)16(3)10-7-9(14)5-6-11(10)18-4/h5-7H,8,15H2,1-4H3. The molecule has 2 N–H and O–H groups in total. The van der Waals surface area contributed by atoms with Crippen LogP contribution in [0, 0.1) is 5.41 Å². The first-order valence-electron chi connectivity index (χ1n) is 5.65. The van der Waals surface area contributed by atoms with Gasteiger partial charge in [-0.05, 0) is 32.0 Å². The van der Waals surface area contributed by atoms with E-state index >= 15 is 0 Å². The molecule has 0 spiro atoms. The van der Waals surface area contributed by atoms with Crippen LogP contribution in [0.1, 0.15) is 13.8 Å². The molecule has 0 aliphatic rings. The first kappa shape index (κ1) is 15.0. The van der Waals surface area contributed by atoms with Crippen molar-refractivity contribution < 1.29 is 9.53 Å². The Morgan fingerprint density at radius 2 is 2.11 bits per heavy atom. The highest BCUT2D eigenvalue weighted by atomic mass is 79.9. The molecule has 0 unspecified atom stereocenters. The van der Waals surface area contributed by atoms with Crippen LogP contribution >= 0.6 is 15.9 Å². The lowest BCUT2D eigenvalue weighted by Gasteiger charge is -2.29. The molecule has 1 aromatic rings. The van der Waals surface area contributed by atoms with Crippen LogP contribution < -0.4 is 15.4 Å². The van der Waals surface area contributed by atoms with Crippen LogP contribution in [0.2, 0.25) is 0 Å². The zero-order valence-corrected chi connectivity index (χ0v) is 12.7. The molecule has 1 rings (SSSR count). The van der Waals surface area contributed by atoms with E-state index in [2.05, 4.69) is 15.9 Å². The van der Waals surface area contributed by atoms with Gasteiger partial charge in [0, 0.05) is 18.1 Å². The molecule has 1 amide bonds. The van der Waals surface area contributed by atoms with Gasteiger partial charge in [0.25, 0.3) is 0 Å². The van der Waals surface area contributed by atoms with Gasteiger partial charge in [0.2, 0.25) is 5.91 Å². The number of ether oxygens (including phenoxy) is 1. The van der Waals surface area contributed by atoms with Crippen LogP contribution in [0.5, 0.6) is 5.75 Å². The van der Waals surface area contributed by atoms with Gasteiger partial charge in [0.05, 0.1) is 18.2 Å². The molecular formula is C13H19BrN2O2. The fourth-order valence-corrected chi connectivity index (χ4v) is 1.92. The molecular weight excluding hydrogens is 296 g/mol. The average Bonchev–Trinajstić information content (AvgIpc) is 2.36. The molecule has 4 nitrogen and oxygen atoms in total. The molecule has 100 valence electrons. The number of carbonyl (C=O) groups is 1. The highest BCUT2D eigenvalue weighted by Gasteiger charge is 2.30. The van der Waals surface area contributed by atoms with Crippen LogP contribution in [-0.4, -0.2) is 26.6 Å². The summed E-state index contributed by atoms with van der Waals surface area (Å²) in [6.07, 6.45) is 0. The lowest BCUT2D eigenvalue weighted by atomic mass is 9.92. The summed E-state index contributed by atoms with van der Waals surface area (Å²) in [6, 6.07) is 5.54. The fraction of sp³-hybridized carbons (Fsp3) is 0.462. The molecule has 0 aliphatic heterocycles. The third-order valence-electron chi connectivity index (χ3n) is 2.90. The van der Waals surface area contributed by atoms with Gasteiger partial charge in [-0.1, -0.05) is 15.9 Å². The number of nitrogens with zero attached hydrogens (tertiary/aromatic N) is 1. The summed E-state index contributed by atoms with van der Waals surface area (Å²) in [5, 5.41) is 0. The van der Waals surface area contributed by atoms with Crippen molar-refractivity contribution in [3.05, 3.63) is 22.7 Å². The van der Waals surface area contributed by atoms with Crippen LogP contribution in [-0.2, 0) is 4.79 Å². The van der Waals surface area contributed by atoms with Crippen LogP contribution in [0.4, 0.5) is 5.69 Å². The van der Waals surface area contributed by atoms with Gasteiger partial charge in [-0.2, -0.15) is 0 Å². The SMILES string of the molecule is COc1ccc(Br)cc1N(C)C(=O)C(C)(C)CN. The molecule has 0 atom stereocenters. The molecule has 0 saturated carbocycles. The zero-order chi connectivity index (χ0) is 13.9. The van der Waals surface area contributed by atoms with Crippen LogP contribution in [0.3, 0.4) is 0 Å². The maximum absolute atomic E-state index is 12.4. The number of halogens is 1.